The van der Waals surface area contributed by atoms with E-state index < -0.39 is 11.9 Å². The Kier molecular flexibility index (Phi) is 3.98. The molecule has 0 aliphatic rings. The first-order valence-corrected chi connectivity index (χ1v) is 4.83. The second kappa shape index (κ2) is 5.24. The van der Waals surface area contributed by atoms with Gasteiger partial charge in [0.25, 0.3) is 5.91 Å². The second-order valence-electron chi connectivity index (χ2n) is 3.14. The Morgan fingerprint density at radius 2 is 2.19 bits per heavy atom. The number of nitrogens with zero attached hydrogens (tertiary/aromatic N) is 3. The van der Waals surface area contributed by atoms with Crippen molar-refractivity contribution in [2.75, 3.05) is 20.2 Å². The predicted molar refractivity (Wildman–Crippen MR) is 54.7 cm³/mol. The Balaban J connectivity index is 2.73. The number of rotatable bonds is 4. The van der Waals surface area contributed by atoms with E-state index in [1.54, 1.807) is 13.8 Å². The van der Waals surface area contributed by atoms with Crippen LogP contribution in [0.1, 0.15) is 23.4 Å². The number of carbonyl (C=O) groups excluding carboxylic acids is 2. The molecule has 1 aromatic heterocycles. The molecule has 1 rings (SSSR count). The van der Waals surface area contributed by atoms with Gasteiger partial charge < -0.3 is 9.64 Å². The van der Waals surface area contributed by atoms with E-state index in [4.69, 9.17) is 0 Å². The van der Waals surface area contributed by atoms with Gasteiger partial charge in [0, 0.05) is 6.54 Å². The van der Waals surface area contributed by atoms with Gasteiger partial charge in [-0.3, -0.25) is 14.7 Å². The number of esters is 1. The highest BCUT2D eigenvalue weighted by atomic mass is 16.5. The Bertz CT molecular complexity index is 388. The molecule has 7 nitrogen and oxygen atoms in total. The lowest BCUT2D eigenvalue weighted by molar-refractivity contribution is -0.141. The highest BCUT2D eigenvalue weighted by molar-refractivity contribution is 5.92. The van der Waals surface area contributed by atoms with E-state index in [9.17, 15) is 9.59 Å². The summed E-state index contributed by atoms with van der Waals surface area (Å²) in [7, 11) is 1.28. The zero-order valence-electron chi connectivity index (χ0n) is 9.48. The third-order valence-electron chi connectivity index (χ3n) is 2.01. The first kappa shape index (κ1) is 12.2. The van der Waals surface area contributed by atoms with Crippen LogP contribution in [0.3, 0.4) is 0 Å². The molecule has 1 aromatic rings. The Hall–Kier alpha value is -1.92. The van der Waals surface area contributed by atoms with Crippen LogP contribution in [0.15, 0.2) is 0 Å². The number of aromatic amines is 1. The van der Waals surface area contributed by atoms with E-state index in [-0.39, 0.29) is 12.4 Å². The van der Waals surface area contributed by atoms with Gasteiger partial charge in [0.05, 0.1) is 7.11 Å². The van der Waals surface area contributed by atoms with Crippen LogP contribution in [0.2, 0.25) is 0 Å². The smallest absolute Gasteiger partial charge is 0.325 e. The predicted octanol–water partition coefficient (Wildman–Crippen LogP) is -0.252. The SMILES string of the molecule is CCN(CC(=O)OC)C(=O)c1n[nH]c(C)n1. The lowest BCUT2D eigenvalue weighted by atomic mass is 10.4. The summed E-state index contributed by atoms with van der Waals surface area (Å²) >= 11 is 0. The molecule has 0 aromatic carbocycles. The van der Waals surface area contributed by atoms with Crippen molar-refractivity contribution in [3.63, 3.8) is 0 Å². The van der Waals surface area contributed by atoms with E-state index in [1.807, 2.05) is 0 Å². The third kappa shape index (κ3) is 2.78. The number of aryl methyl sites for hydroxylation is 1. The second-order valence-corrected chi connectivity index (χ2v) is 3.14. The standard InChI is InChI=1S/C9H14N4O3/c1-4-13(5-7(14)16-3)9(15)8-10-6(2)11-12-8/h4-5H2,1-3H3,(H,10,11,12). The summed E-state index contributed by atoms with van der Waals surface area (Å²) in [5.41, 5.74) is 0. The Morgan fingerprint density at radius 3 is 2.62 bits per heavy atom. The molecule has 0 unspecified atom stereocenters. The average molecular weight is 226 g/mol. The van der Waals surface area contributed by atoms with Gasteiger partial charge in [0.1, 0.15) is 12.4 Å². The monoisotopic (exact) mass is 226 g/mol. The molecule has 0 aliphatic carbocycles. The molecule has 0 spiro atoms. The largest absolute Gasteiger partial charge is 0.468 e. The minimum Gasteiger partial charge on any atom is -0.468 e. The molecule has 7 heteroatoms. The third-order valence-corrected chi connectivity index (χ3v) is 2.01. The molecule has 1 N–H and O–H groups in total. The highest BCUT2D eigenvalue weighted by Gasteiger charge is 2.20. The lowest BCUT2D eigenvalue weighted by Crippen LogP contribution is -2.36. The van der Waals surface area contributed by atoms with Gasteiger partial charge in [-0.2, -0.15) is 0 Å². The molecule has 1 amide bonds. The summed E-state index contributed by atoms with van der Waals surface area (Å²) in [6.45, 7) is 3.75. The topological polar surface area (TPSA) is 88.2 Å². The highest BCUT2D eigenvalue weighted by Crippen LogP contribution is 1.99. The summed E-state index contributed by atoms with van der Waals surface area (Å²) in [4.78, 5) is 28.1. The number of hydrogen-bond acceptors (Lipinski definition) is 5. The van der Waals surface area contributed by atoms with E-state index in [2.05, 4.69) is 19.9 Å². The van der Waals surface area contributed by atoms with Crippen LogP contribution in [0.25, 0.3) is 0 Å². The van der Waals surface area contributed by atoms with Crippen LogP contribution in [0.4, 0.5) is 0 Å². The van der Waals surface area contributed by atoms with Crippen molar-refractivity contribution in [1.29, 1.82) is 0 Å². The quantitative estimate of drug-likeness (QED) is 0.715. The van der Waals surface area contributed by atoms with Gasteiger partial charge in [0.2, 0.25) is 5.82 Å². The van der Waals surface area contributed by atoms with Crippen molar-refractivity contribution in [3.05, 3.63) is 11.6 Å². The van der Waals surface area contributed by atoms with Crippen LogP contribution in [-0.4, -0.2) is 52.2 Å². The lowest BCUT2D eigenvalue weighted by Gasteiger charge is -2.17. The first-order chi connectivity index (χ1) is 7.58. The zero-order chi connectivity index (χ0) is 12.1. The van der Waals surface area contributed by atoms with Crippen LogP contribution in [-0.2, 0) is 9.53 Å². The molecule has 0 atom stereocenters. The van der Waals surface area contributed by atoms with Crippen molar-refractivity contribution in [2.24, 2.45) is 0 Å². The summed E-state index contributed by atoms with van der Waals surface area (Å²) in [6.07, 6.45) is 0. The molecule has 0 aliphatic heterocycles. The zero-order valence-corrected chi connectivity index (χ0v) is 9.48. The number of amides is 1. The van der Waals surface area contributed by atoms with Gasteiger partial charge in [-0.25, -0.2) is 4.98 Å². The average Bonchev–Trinajstić information content (AvgIpc) is 2.71. The minimum absolute atomic E-state index is 0.0586. The van der Waals surface area contributed by atoms with Crippen molar-refractivity contribution < 1.29 is 14.3 Å². The van der Waals surface area contributed by atoms with Gasteiger partial charge in [-0.05, 0) is 13.8 Å². The Labute approximate surface area is 92.8 Å². The van der Waals surface area contributed by atoms with Crippen LogP contribution < -0.4 is 0 Å². The van der Waals surface area contributed by atoms with E-state index in [1.165, 1.54) is 12.0 Å². The van der Waals surface area contributed by atoms with Crippen LogP contribution >= 0.6 is 0 Å². The Morgan fingerprint density at radius 1 is 1.50 bits per heavy atom. The number of hydrogen-bond donors (Lipinski definition) is 1. The van der Waals surface area contributed by atoms with Crippen molar-refractivity contribution >= 4 is 11.9 Å². The van der Waals surface area contributed by atoms with Crippen molar-refractivity contribution in [3.8, 4) is 0 Å². The maximum Gasteiger partial charge on any atom is 0.325 e. The van der Waals surface area contributed by atoms with Gasteiger partial charge in [-0.1, -0.05) is 0 Å². The number of aromatic nitrogens is 3. The number of ether oxygens (including phenoxy) is 1. The summed E-state index contributed by atoms with van der Waals surface area (Å²) < 4.78 is 4.49. The van der Waals surface area contributed by atoms with Crippen LogP contribution in [0.5, 0.6) is 0 Å². The van der Waals surface area contributed by atoms with Gasteiger partial charge in [0.15, 0.2) is 0 Å². The first-order valence-electron chi connectivity index (χ1n) is 4.83. The van der Waals surface area contributed by atoms with E-state index in [0.717, 1.165) is 0 Å². The fraction of sp³-hybridized carbons (Fsp3) is 0.556. The molecule has 0 saturated carbocycles. The molecule has 0 saturated heterocycles. The number of carbonyl (C=O) groups is 2. The van der Waals surface area contributed by atoms with Gasteiger partial charge in [-0.15, -0.1) is 5.10 Å². The number of H-pyrrole nitrogens is 1. The maximum atomic E-state index is 11.8. The van der Waals surface area contributed by atoms with E-state index >= 15 is 0 Å². The molecule has 1 heterocycles. The molecular formula is C9H14N4O3. The fourth-order valence-corrected chi connectivity index (χ4v) is 1.13. The van der Waals surface area contributed by atoms with Crippen LogP contribution in [0, 0.1) is 6.92 Å². The summed E-state index contributed by atoms with van der Waals surface area (Å²) in [5, 5.41) is 6.31. The number of methoxy groups -OCH3 is 1. The minimum atomic E-state index is -0.470. The summed E-state index contributed by atoms with van der Waals surface area (Å²) in [6, 6.07) is 0. The van der Waals surface area contributed by atoms with Crippen molar-refractivity contribution in [1.82, 2.24) is 20.1 Å². The van der Waals surface area contributed by atoms with Crippen molar-refractivity contribution in [2.45, 2.75) is 13.8 Å². The van der Waals surface area contributed by atoms with Gasteiger partial charge >= 0.3 is 5.97 Å². The molecular weight excluding hydrogens is 212 g/mol. The van der Waals surface area contributed by atoms with E-state index in [0.29, 0.717) is 12.4 Å². The maximum absolute atomic E-state index is 11.8. The normalized spacial score (nSPS) is 9.94. The molecule has 0 fully saturated rings. The molecule has 0 radical (unpaired) electrons. The number of likely N-dealkylation sites (N-methyl/N-ethyl adjacent to an activating group) is 1. The fourth-order valence-electron chi connectivity index (χ4n) is 1.13. The molecule has 16 heavy (non-hydrogen) atoms. The summed E-state index contributed by atoms with van der Waals surface area (Å²) in [5.74, 6) is -0.250. The molecule has 88 valence electrons. The molecule has 0 bridgehead atoms. The number of nitrogens with one attached hydrogen (secondary N) is 1.